The number of methoxy groups -OCH3 is 2. The summed E-state index contributed by atoms with van der Waals surface area (Å²) in [7, 11) is 3.59. The van der Waals surface area contributed by atoms with Crippen molar-refractivity contribution in [1.29, 1.82) is 0 Å². The molecule has 1 fully saturated rings. The summed E-state index contributed by atoms with van der Waals surface area (Å²) in [6.07, 6.45) is 2.29. The van der Waals surface area contributed by atoms with Gasteiger partial charge in [0.05, 0.1) is 13.2 Å². The Bertz CT molecular complexity index is 935. The Morgan fingerprint density at radius 3 is 2.41 bits per heavy atom. The lowest BCUT2D eigenvalue weighted by atomic mass is 9.76. The maximum absolute atomic E-state index is 6.03. The van der Waals surface area contributed by atoms with Crippen LogP contribution in [0.5, 0.6) is 5.75 Å². The van der Waals surface area contributed by atoms with Gasteiger partial charge < -0.3 is 9.47 Å². The molecule has 2 aromatic rings. The Balaban J connectivity index is 1.34. The molecule has 1 aliphatic heterocycles. The molecule has 1 aliphatic carbocycles. The first-order valence-corrected chi connectivity index (χ1v) is 11.9. The minimum Gasteiger partial charge on any atom is -0.496 e. The van der Waals surface area contributed by atoms with Gasteiger partial charge in [0.1, 0.15) is 5.75 Å². The average molecular weight is 455 g/mol. The molecular weight excluding hydrogens is 420 g/mol. The predicted octanol–water partition coefficient (Wildman–Crippen LogP) is 5.07. The van der Waals surface area contributed by atoms with Gasteiger partial charge in [-0.05, 0) is 71.9 Å². The fourth-order valence-electron chi connectivity index (χ4n) is 5.15. The number of ether oxygens (including phenoxy) is 2. The van der Waals surface area contributed by atoms with E-state index in [1.54, 1.807) is 7.11 Å². The Labute approximate surface area is 197 Å². The molecule has 2 aromatic carbocycles. The van der Waals surface area contributed by atoms with Crippen LogP contribution in [-0.2, 0) is 17.7 Å². The lowest BCUT2D eigenvalue weighted by Gasteiger charge is -2.39. The summed E-state index contributed by atoms with van der Waals surface area (Å²) in [6, 6.07) is 12.6. The maximum Gasteiger partial charge on any atom is 0.122 e. The van der Waals surface area contributed by atoms with Crippen molar-refractivity contribution in [3.05, 3.63) is 70.3 Å². The lowest BCUT2D eigenvalue weighted by molar-refractivity contribution is 0.0190. The normalized spacial score (nSPS) is 20.8. The van der Waals surface area contributed by atoms with E-state index >= 15 is 0 Å². The Kier molecular flexibility index (Phi) is 7.57. The number of halogens is 1. The van der Waals surface area contributed by atoms with Gasteiger partial charge in [-0.25, -0.2) is 0 Å². The van der Waals surface area contributed by atoms with Crippen LogP contribution in [0, 0.1) is 12.8 Å². The van der Waals surface area contributed by atoms with Crippen molar-refractivity contribution >= 4 is 17.2 Å². The third kappa shape index (κ3) is 5.20. The lowest BCUT2D eigenvalue weighted by Crippen LogP contribution is -2.49. The van der Waals surface area contributed by atoms with E-state index in [0.29, 0.717) is 5.92 Å². The van der Waals surface area contributed by atoms with Gasteiger partial charge in [-0.2, -0.15) is 0 Å². The van der Waals surface area contributed by atoms with Crippen molar-refractivity contribution in [3.63, 3.8) is 0 Å². The van der Waals surface area contributed by atoms with Gasteiger partial charge in [-0.3, -0.25) is 9.80 Å². The molecule has 32 heavy (non-hydrogen) atoms. The zero-order chi connectivity index (χ0) is 22.7. The molecule has 5 heteroatoms. The smallest absolute Gasteiger partial charge is 0.122 e. The highest BCUT2D eigenvalue weighted by Crippen LogP contribution is 2.40. The van der Waals surface area contributed by atoms with Gasteiger partial charge in [0.25, 0.3) is 0 Å². The molecule has 4 rings (SSSR count). The summed E-state index contributed by atoms with van der Waals surface area (Å²) in [5.41, 5.74) is 6.33. The summed E-state index contributed by atoms with van der Waals surface area (Å²) in [5.74, 6) is 1.32. The average Bonchev–Trinajstić information content (AvgIpc) is 2.81. The van der Waals surface area contributed by atoms with Crippen LogP contribution in [0.3, 0.4) is 0 Å². The number of piperazine rings is 1. The van der Waals surface area contributed by atoms with E-state index in [1.807, 2.05) is 19.2 Å². The summed E-state index contributed by atoms with van der Waals surface area (Å²) < 4.78 is 11.6. The zero-order valence-electron chi connectivity index (χ0n) is 19.6. The van der Waals surface area contributed by atoms with E-state index in [1.165, 1.54) is 27.8 Å². The molecule has 0 N–H and O–H groups in total. The zero-order valence-corrected chi connectivity index (χ0v) is 20.3. The van der Waals surface area contributed by atoms with Crippen LogP contribution in [0.1, 0.15) is 28.7 Å². The third-order valence-electron chi connectivity index (χ3n) is 7.11. The molecule has 0 spiro atoms. The highest BCUT2D eigenvalue weighted by Gasteiger charge is 2.32. The minimum atomic E-state index is 0.167. The maximum atomic E-state index is 6.03. The Hall–Kier alpha value is -1.85. The quantitative estimate of drug-likeness (QED) is 0.583. The number of aryl methyl sites for hydroxylation is 2. The highest BCUT2D eigenvalue weighted by atomic mass is 35.5. The number of nitrogens with zero attached hydrogens (tertiary/aromatic N) is 2. The molecule has 0 radical (unpaired) electrons. The van der Waals surface area contributed by atoms with Gasteiger partial charge in [-0.15, -0.1) is 0 Å². The Morgan fingerprint density at radius 2 is 1.75 bits per heavy atom. The van der Waals surface area contributed by atoms with Gasteiger partial charge >= 0.3 is 0 Å². The molecular formula is C27H35ClN2O2. The number of hydrogen-bond acceptors (Lipinski definition) is 4. The molecule has 2 unspecified atom stereocenters. The van der Waals surface area contributed by atoms with Gasteiger partial charge in [-0.1, -0.05) is 30.3 Å². The van der Waals surface area contributed by atoms with Crippen molar-refractivity contribution in [3.8, 4) is 5.75 Å². The topological polar surface area (TPSA) is 24.9 Å². The van der Waals surface area contributed by atoms with Crippen LogP contribution < -0.4 is 4.74 Å². The van der Waals surface area contributed by atoms with Crippen molar-refractivity contribution < 1.29 is 9.47 Å². The summed E-state index contributed by atoms with van der Waals surface area (Å²) in [5, 5.41) is 0.797. The molecule has 4 nitrogen and oxygen atoms in total. The number of fused-ring (bicyclic) bond motifs is 1. The van der Waals surface area contributed by atoms with E-state index in [-0.39, 0.29) is 6.10 Å². The summed E-state index contributed by atoms with van der Waals surface area (Å²) in [4.78, 5) is 5.07. The molecule has 2 aliphatic rings. The first kappa shape index (κ1) is 23.3. The van der Waals surface area contributed by atoms with E-state index < -0.39 is 0 Å². The number of hydrogen-bond donors (Lipinski definition) is 0. The monoisotopic (exact) mass is 454 g/mol. The van der Waals surface area contributed by atoms with E-state index in [9.17, 15) is 0 Å². The summed E-state index contributed by atoms with van der Waals surface area (Å²) in [6.45, 7) is 12.8. The van der Waals surface area contributed by atoms with Gasteiger partial charge in [0.2, 0.25) is 0 Å². The minimum absolute atomic E-state index is 0.167. The molecule has 1 heterocycles. The molecule has 172 valence electrons. The van der Waals surface area contributed by atoms with Crippen LogP contribution in [0.4, 0.5) is 0 Å². The second-order valence-electron chi connectivity index (χ2n) is 9.13. The first-order valence-electron chi connectivity index (χ1n) is 11.6. The number of benzene rings is 2. The number of rotatable bonds is 7. The summed E-state index contributed by atoms with van der Waals surface area (Å²) >= 11 is 6.02. The first-order chi connectivity index (χ1) is 15.5. The van der Waals surface area contributed by atoms with Crippen molar-refractivity contribution in [1.82, 2.24) is 9.80 Å². The van der Waals surface area contributed by atoms with Gasteiger partial charge in [0, 0.05) is 57.3 Å². The molecule has 2 atom stereocenters. The van der Waals surface area contributed by atoms with Crippen LogP contribution in [-0.4, -0.2) is 62.8 Å². The predicted molar refractivity (Wildman–Crippen MR) is 133 cm³/mol. The van der Waals surface area contributed by atoms with Crippen LogP contribution in [0.15, 0.2) is 43.0 Å². The largest absolute Gasteiger partial charge is 0.496 e. The van der Waals surface area contributed by atoms with E-state index in [4.69, 9.17) is 21.1 Å². The molecule has 0 bridgehead atoms. The fraction of sp³-hybridized carbons (Fsp3) is 0.481. The van der Waals surface area contributed by atoms with E-state index in [2.05, 4.69) is 47.6 Å². The standard InChI is InChI=1S/C27H35ClN2O2/c1-19-15-25-20(2)24(10-7-22(25)16-26(19)31-3)27(32-4)18-30-13-11-29(12-14-30)17-21-5-8-23(28)9-6-21/h5-6,8-9,15-16,24,27H,2,7,10-14,17-18H2,1,3-4H3. The van der Waals surface area contributed by atoms with Gasteiger partial charge in [0.15, 0.2) is 0 Å². The van der Waals surface area contributed by atoms with Crippen molar-refractivity contribution in [2.45, 2.75) is 32.4 Å². The second-order valence-corrected chi connectivity index (χ2v) is 9.56. The van der Waals surface area contributed by atoms with Crippen LogP contribution >= 0.6 is 11.6 Å². The molecule has 1 saturated heterocycles. The van der Waals surface area contributed by atoms with Crippen LogP contribution in [0.2, 0.25) is 5.02 Å². The molecule has 0 amide bonds. The SMILES string of the molecule is C=C1c2cc(C)c(OC)cc2CCC1C(CN1CCN(Cc2ccc(Cl)cc2)CC1)OC. The Morgan fingerprint density at radius 1 is 1.06 bits per heavy atom. The second kappa shape index (κ2) is 10.4. The highest BCUT2D eigenvalue weighted by molar-refractivity contribution is 6.30. The van der Waals surface area contributed by atoms with Crippen LogP contribution in [0.25, 0.3) is 5.57 Å². The molecule has 0 saturated carbocycles. The van der Waals surface area contributed by atoms with Crippen molar-refractivity contribution in [2.24, 2.45) is 5.92 Å². The fourth-order valence-corrected chi connectivity index (χ4v) is 5.28. The molecule has 0 aromatic heterocycles. The third-order valence-corrected chi connectivity index (χ3v) is 7.36. The van der Waals surface area contributed by atoms with E-state index in [0.717, 1.165) is 62.9 Å². The van der Waals surface area contributed by atoms with Crippen molar-refractivity contribution in [2.75, 3.05) is 46.9 Å².